The zero-order chi connectivity index (χ0) is 14.7. The van der Waals surface area contributed by atoms with Crippen LogP contribution in [0, 0.1) is 6.92 Å². The van der Waals surface area contributed by atoms with Crippen LogP contribution in [0.25, 0.3) is 0 Å². The van der Waals surface area contributed by atoms with E-state index in [-0.39, 0.29) is 11.4 Å². The van der Waals surface area contributed by atoms with Crippen molar-refractivity contribution in [3.8, 4) is 11.6 Å². The van der Waals surface area contributed by atoms with Crippen molar-refractivity contribution in [1.82, 2.24) is 4.98 Å². The Balaban J connectivity index is 2.39. The molecule has 0 aliphatic heterocycles. The number of rotatable bonds is 4. The summed E-state index contributed by atoms with van der Waals surface area (Å²) in [6, 6.07) is 8.30. The molecule has 2 rings (SSSR count). The quantitative estimate of drug-likeness (QED) is 0.921. The van der Waals surface area contributed by atoms with Gasteiger partial charge in [0.15, 0.2) is 0 Å². The van der Waals surface area contributed by atoms with Crippen molar-refractivity contribution in [1.29, 1.82) is 0 Å². The number of ether oxygens (including phenoxy) is 1. The number of benzene rings is 1. The van der Waals surface area contributed by atoms with Gasteiger partial charge in [-0.25, -0.2) is 9.78 Å². The number of aryl methyl sites for hydroxylation is 2. The minimum absolute atomic E-state index is 0.149. The summed E-state index contributed by atoms with van der Waals surface area (Å²) in [5.41, 5.74) is 1.80. The molecule has 1 N–H and O–H groups in total. The summed E-state index contributed by atoms with van der Waals surface area (Å²) in [6.07, 6.45) is 0.624. The fraction of sp³-hybridized carbons (Fsp3) is 0.200. The van der Waals surface area contributed by atoms with Crippen LogP contribution < -0.4 is 4.74 Å². The van der Waals surface area contributed by atoms with Crippen LogP contribution in [0.5, 0.6) is 11.6 Å². The van der Waals surface area contributed by atoms with Gasteiger partial charge in [-0.05, 0) is 37.1 Å². The summed E-state index contributed by atoms with van der Waals surface area (Å²) in [5.74, 6) is -0.319. The van der Waals surface area contributed by atoms with Crippen molar-refractivity contribution in [2.24, 2.45) is 0 Å². The van der Waals surface area contributed by atoms with Crippen LogP contribution >= 0.6 is 11.6 Å². The summed E-state index contributed by atoms with van der Waals surface area (Å²) in [4.78, 5) is 15.3. The van der Waals surface area contributed by atoms with Crippen LogP contribution in [-0.2, 0) is 6.42 Å². The van der Waals surface area contributed by atoms with E-state index < -0.39 is 5.97 Å². The number of aromatic nitrogens is 1. The standard InChI is InChI=1S/C15H14ClNO3/c1-3-11-7-10(15(18)19)8-14(17-11)20-13-6-9(2)4-5-12(13)16/h4-8H,3H2,1-2H3,(H,18,19). The number of carbonyl (C=O) groups is 1. The van der Waals surface area contributed by atoms with Gasteiger partial charge in [0, 0.05) is 11.8 Å². The SMILES string of the molecule is CCc1cc(C(=O)O)cc(Oc2cc(C)ccc2Cl)n1. The Morgan fingerprint density at radius 2 is 2.10 bits per heavy atom. The monoisotopic (exact) mass is 291 g/mol. The van der Waals surface area contributed by atoms with E-state index in [2.05, 4.69) is 4.98 Å². The smallest absolute Gasteiger partial charge is 0.335 e. The van der Waals surface area contributed by atoms with Crippen molar-refractivity contribution in [3.63, 3.8) is 0 Å². The number of aromatic carboxylic acids is 1. The van der Waals surface area contributed by atoms with Crippen LogP contribution in [0.15, 0.2) is 30.3 Å². The number of hydrogen-bond donors (Lipinski definition) is 1. The molecule has 0 fully saturated rings. The average molecular weight is 292 g/mol. The third kappa shape index (κ3) is 3.27. The second-order valence-corrected chi connectivity index (χ2v) is 4.79. The number of carboxylic acid groups (broad SMARTS) is 1. The van der Waals surface area contributed by atoms with E-state index >= 15 is 0 Å². The van der Waals surface area contributed by atoms with Gasteiger partial charge in [0.05, 0.1) is 10.6 Å². The maximum absolute atomic E-state index is 11.1. The first-order valence-corrected chi connectivity index (χ1v) is 6.55. The van der Waals surface area contributed by atoms with Gasteiger partial charge in [0.1, 0.15) is 5.75 Å². The van der Waals surface area contributed by atoms with Crippen LogP contribution in [0.2, 0.25) is 5.02 Å². The molecular formula is C15H14ClNO3. The first-order chi connectivity index (χ1) is 9.49. The topological polar surface area (TPSA) is 59.4 Å². The first-order valence-electron chi connectivity index (χ1n) is 6.18. The molecule has 0 saturated carbocycles. The fourth-order valence-electron chi connectivity index (χ4n) is 1.72. The number of hydrogen-bond acceptors (Lipinski definition) is 3. The minimum atomic E-state index is -1.01. The number of pyridine rings is 1. The van der Waals surface area contributed by atoms with Crippen molar-refractivity contribution >= 4 is 17.6 Å². The molecule has 0 radical (unpaired) electrons. The number of nitrogens with zero attached hydrogens (tertiary/aromatic N) is 1. The predicted octanol–water partition coefficient (Wildman–Crippen LogP) is 4.10. The fourth-order valence-corrected chi connectivity index (χ4v) is 1.87. The molecule has 5 heteroatoms. The Morgan fingerprint density at radius 3 is 2.75 bits per heavy atom. The minimum Gasteiger partial charge on any atom is -0.478 e. The molecule has 0 unspecified atom stereocenters. The van der Waals surface area contributed by atoms with E-state index in [1.807, 2.05) is 19.9 Å². The molecule has 1 aromatic heterocycles. The summed E-state index contributed by atoms with van der Waals surface area (Å²) in [6.45, 7) is 3.82. The zero-order valence-electron chi connectivity index (χ0n) is 11.2. The number of halogens is 1. The van der Waals surface area contributed by atoms with Gasteiger partial charge in [0.2, 0.25) is 5.88 Å². The third-order valence-corrected chi connectivity index (χ3v) is 3.08. The van der Waals surface area contributed by atoms with E-state index in [9.17, 15) is 4.79 Å². The lowest BCUT2D eigenvalue weighted by atomic mass is 10.2. The Labute approximate surface area is 122 Å². The van der Waals surface area contributed by atoms with E-state index in [4.69, 9.17) is 21.4 Å². The van der Waals surface area contributed by atoms with Gasteiger partial charge in [-0.1, -0.05) is 24.6 Å². The Morgan fingerprint density at radius 1 is 1.35 bits per heavy atom. The number of carboxylic acids is 1. The van der Waals surface area contributed by atoms with E-state index in [1.54, 1.807) is 12.1 Å². The van der Waals surface area contributed by atoms with E-state index in [0.29, 0.717) is 22.9 Å². The van der Waals surface area contributed by atoms with Gasteiger partial charge in [-0.3, -0.25) is 0 Å². The summed E-state index contributed by atoms with van der Waals surface area (Å²) < 4.78 is 5.62. The molecule has 0 bridgehead atoms. The zero-order valence-corrected chi connectivity index (χ0v) is 11.9. The lowest BCUT2D eigenvalue weighted by Gasteiger charge is -2.09. The molecule has 0 saturated heterocycles. The van der Waals surface area contributed by atoms with E-state index in [1.165, 1.54) is 12.1 Å². The third-order valence-electron chi connectivity index (χ3n) is 2.77. The second kappa shape index (κ2) is 5.92. The molecule has 0 aliphatic rings. The lowest BCUT2D eigenvalue weighted by molar-refractivity contribution is 0.0696. The second-order valence-electron chi connectivity index (χ2n) is 4.38. The predicted molar refractivity (Wildman–Crippen MR) is 76.8 cm³/mol. The van der Waals surface area contributed by atoms with E-state index in [0.717, 1.165) is 5.56 Å². The Hall–Kier alpha value is -2.07. The van der Waals surface area contributed by atoms with Gasteiger partial charge >= 0.3 is 5.97 Å². The molecule has 0 amide bonds. The highest BCUT2D eigenvalue weighted by atomic mass is 35.5. The summed E-state index contributed by atoms with van der Waals surface area (Å²) >= 11 is 6.05. The molecule has 4 nitrogen and oxygen atoms in total. The first kappa shape index (κ1) is 14.3. The molecule has 2 aromatic rings. The average Bonchev–Trinajstić information content (AvgIpc) is 2.42. The van der Waals surface area contributed by atoms with Crippen LogP contribution in [0.3, 0.4) is 0 Å². The molecule has 20 heavy (non-hydrogen) atoms. The highest BCUT2D eigenvalue weighted by molar-refractivity contribution is 6.32. The van der Waals surface area contributed by atoms with Gasteiger partial charge in [0.25, 0.3) is 0 Å². The van der Waals surface area contributed by atoms with Gasteiger partial charge < -0.3 is 9.84 Å². The normalized spacial score (nSPS) is 10.3. The lowest BCUT2D eigenvalue weighted by Crippen LogP contribution is -2.01. The van der Waals surface area contributed by atoms with Crippen molar-refractivity contribution in [3.05, 3.63) is 52.2 Å². The molecule has 1 aromatic carbocycles. The summed E-state index contributed by atoms with van der Waals surface area (Å²) in [5, 5.41) is 9.54. The molecular weight excluding hydrogens is 278 g/mol. The van der Waals surface area contributed by atoms with Gasteiger partial charge in [-0.15, -0.1) is 0 Å². The van der Waals surface area contributed by atoms with Crippen molar-refractivity contribution < 1.29 is 14.6 Å². The van der Waals surface area contributed by atoms with Crippen LogP contribution in [-0.4, -0.2) is 16.1 Å². The molecule has 104 valence electrons. The largest absolute Gasteiger partial charge is 0.478 e. The van der Waals surface area contributed by atoms with Crippen molar-refractivity contribution in [2.75, 3.05) is 0 Å². The van der Waals surface area contributed by atoms with Crippen LogP contribution in [0.4, 0.5) is 0 Å². The van der Waals surface area contributed by atoms with Crippen LogP contribution in [0.1, 0.15) is 28.5 Å². The highest BCUT2D eigenvalue weighted by Gasteiger charge is 2.11. The Kier molecular flexibility index (Phi) is 4.25. The summed E-state index contributed by atoms with van der Waals surface area (Å²) in [7, 11) is 0. The van der Waals surface area contributed by atoms with Gasteiger partial charge in [-0.2, -0.15) is 0 Å². The maximum Gasteiger partial charge on any atom is 0.335 e. The highest BCUT2D eigenvalue weighted by Crippen LogP contribution is 2.29. The Bertz CT molecular complexity index is 656. The molecule has 0 atom stereocenters. The van der Waals surface area contributed by atoms with Crippen molar-refractivity contribution in [2.45, 2.75) is 20.3 Å². The molecule has 1 heterocycles. The maximum atomic E-state index is 11.1. The molecule has 0 aliphatic carbocycles. The molecule has 0 spiro atoms.